The number of rotatable bonds is 7. The molecule has 0 spiro atoms. The molecule has 7 nitrogen and oxygen atoms in total. The summed E-state index contributed by atoms with van der Waals surface area (Å²) in [7, 11) is 0. The second kappa shape index (κ2) is 10.6. The summed E-state index contributed by atoms with van der Waals surface area (Å²) in [5.74, 6) is 1.76. The van der Waals surface area contributed by atoms with Gasteiger partial charge in [0.05, 0.1) is 17.4 Å². The molecule has 2 aromatic carbocycles. The zero-order valence-electron chi connectivity index (χ0n) is 17.7. The summed E-state index contributed by atoms with van der Waals surface area (Å²) in [6, 6.07) is 14.0. The number of carbonyl (C=O) groups excluding carboxylic acids is 1. The van der Waals surface area contributed by atoms with Crippen LogP contribution in [0.2, 0.25) is 0 Å². The molecule has 3 aromatic rings. The number of benzene rings is 2. The van der Waals surface area contributed by atoms with Crippen molar-refractivity contribution in [3.8, 4) is 0 Å². The molecule has 0 saturated carbocycles. The molecule has 1 saturated heterocycles. The third-order valence-corrected chi connectivity index (χ3v) is 6.44. The van der Waals surface area contributed by atoms with E-state index in [1.807, 2.05) is 24.3 Å². The highest BCUT2D eigenvalue weighted by Crippen LogP contribution is 2.15. The molecule has 1 aliphatic rings. The van der Waals surface area contributed by atoms with Gasteiger partial charge in [0.1, 0.15) is 11.6 Å². The maximum Gasteiger partial charge on any atom is 0.317 e. The van der Waals surface area contributed by atoms with Crippen molar-refractivity contribution >= 4 is 28.7 Å². The molecule has 2 N–H and O–H groups in total. The Hall–Kier alpha value is -2.91. The van der Waals surface area contributed by atoms with E-state index in [4.69, 9.17) is 0 Å². The highest BCUT2D eigenvalue weighted by atomic mass is 32.2. The van der Waals surface area contributed by atoms with Crippen molar-refractivity contribution < 1.29 is 9.18 Å². The predicted molar refractivity (Wildman–Crippen MR) is 125 cm³/mol. The second-order valence-electron chi connectivity index (χ2n) is 7.67. The zero-order chi connectivity index (χ0) is 22.3. The van der Waals surface area contributed by atoms with Crippen molar-refractivity contribution in [2.24, 2.45) is 0 Å². The van der Waals surface area contributed by atoms with Crippen LogP contribution in [0.5, 0.6) is 0 Å². The van der Waals surface area contributed by atoms with Crippen LogP contribution in [0.25, 0.3) is 10.9 Å². The lowest BCUT2D eigenvalue weighted by Crippen LogP contribution is -2.51. The van der Waals surface area contributed by atoms with Crippen molar-refractivity contribution in [1.29, 1.82) is 0 Å². The number of urea groups is 1. The first kappa shape index (κ1) is 22.3. The molecule has 0 unspecified atom stereocenters. The van der Waals surface area contributed by atoms with Crippen LogP contribution in [0.15, 0.2) is 53.3 Å². The third-order valence-electron chi connectivity index (χ3n) is 5.43. The van der Waals surface area contributed by atoms with Gasteiger partial charge in [-0.25, -0.2) is 14.2 Å². The van der Waals surface area contributed by atoms with Crippen molar-refractivity contribution in [2.45, 2.75) is 12.3 Å². The summed E-state index contributed by atoms with van der Waals surface area (Å²) < 4.78 is 13.6. The maximum absolute atomic E-state index is 13.6. The monoisotopic (exact) mass is 455 g/mol. The predicted octanol–water partition coefficient (Wildman–Crippen LogP) is 2.82. The number of para-hydroxylation sites is 1. The topological polar surface area (TPSA) is 81.3 Å². The Morgan fingerprint density at radius 1 is 1.09 bits per heavy atom. The molecule has 0 atom stereocenters. The number of thioether (sulfide) groups is 1. The first-order valence-corrected chi connectivity index (χ1v) is 11.8. The van der Waals surface area contributed by atoms with E-state index in [0.29, 0.717) is 67.3 Å². The van der Waals surface area contributed by atoms with Gasteiger partial charge in [-0.1, -0.05) is 30.3 Å². The Morgan fingerprint density at radius 3 is 2.66 bits per heavy atom. The van der Waals surface area contributed by atoms with E-state index >= 15 is 0 Å². The molecule has 4 rings (SSSR count). The molecule has 1 fully saturated rings. The molecule has 2 amide bonds. The van der Waals surface area contributed by atoms with Crippen LogP contribution in [0.3, 0.4) is 0 Å². The molecule has 168 valence electrons. The summed E-state index contributed by atoms with van der Waals surface area (Å²) in [5.41, 5.74) is 1.25. The Labute approximate surface area is 190 Å². The largest absolute Gasteiger partial charge is 0.337 e. The quantitative estimate of drug-likeness (QED) is 0.536. The number of aromatic amines is 1. The van der Waals surface area contributed by atoms with E-state index in [2.05, 4.69) is 20.2 Å². The summed E-state index contributed by atoms with van der Waals surface area (Å²) in [6.45, 7) is 3.75. The van der Waals surface area contributed by atoms with Gasteiger partial charge in [-0.2, -0.15) is 11.8 Å². The van der Waals surface area contributed by atoms with Crippen LogP contribution in [-0.2, 0) is 12.3 Å². The number of amides is 2. The van der Waals surface area contributed by atoms with Crippen LogP contribution in [-0.4, -0.2) is 64.3 Å². The van der Waals surface area contributed by atoms with Crippen LogP contribution >= 0.6 is 11.8 Å². The average Bonchev–Trinajstić information content (AvgIpc) is 2.80. The van der Waals surface area contributed by atoms with E-state index < -0.39 is 0 Å². The van der Waals surface area contributed by atoms with Crippen LogP contribution < -0.4 is 10.9 Å². The number of nitrogens with one attached hydrogen (secondary N) is 2. The Bertz CT molecular complexity index is 1130. The number of fused-ring (bicyclic) bond motifs is 1. The smallest absolute Gasteiger partial charge is 0.317 e. The molecule has 1 aliphatic heterocycles. The molecule has 0 aliphatic carbocycles. The molecular weight excluding hydrogens is 429 g/mol. The summed E-state index contributed by atoms with van der Waals surface area (Å²) >= 11 is 1.60. The highest BCUT2D eigenvalue weighted by Gasteiger charge is 2.21. The first-order chi connectivity index (χ1) is 15.6. The lowest BCUT2D eigenvalue weighted by molar-refractivity contribution is 0.134. The average molecular weight is 456 g/mol. The molecular formula is C23H26FN5O2S. The van der Waals surface area contributed by atoms with E-state index in [1.165, 1.54) is 6.07 Å². The number of piperazine rings is 1. The van der Waals surface area contributed by atoms with Crippen LogP contribution in [0.1, 0.15) is 11.4 Å². The fourth-order valence-corrected chi connectivity index (χ4v) is 4.51. The SMILES string of the molecule is O=C(NCCSCc1ccccc1F)N1CCN(Cc2nc3ccccc3c(=O)[nH]2)CC1. The van der Waals surface area contributed by atoms with Gasteiger partial charge in [0.2, 0.25) is 0 Å². The normalized spacial score (nSPS) is 14.6. The number of aromatic nitrogens is 2. The van der Waals surface area contributed by atoms with E-state index in [0.717, 1.165) is 5.75 Å². The fourth-order valence-electron chi connectivity index (χ4n) is 3.67. The Kier molecular flexibility index (Phi) is 7.39. The number of nitrogens with zero attached hydrogens (tertiary/aromatic N) is 3. The summed E-state index contributed by atoms with van der Waals surface area (Å²) in [6.07, 6.45) is 0. The number of H-pyrrole nitrogens is 1. The Balaban J connectivity index is 1.18. The lowest BCUT2D eigenvalue weighted by Gasteiger charge is -2.34. The molecule has 9 heteroatoms. The summed E-state index contributed by atoms with van der Waals surface area (Å²) in [4.78, 5) is 36.0. The molecule has 1 aromatic heterocycles. The number of hydrogen-bond acceptors (Lipinski definition) is 5. The van der Waals surface area contributed by atoms with Crippen molar-refractivity contribution in [1.82, 2.24) is 25.1 Å². The third kappa shape index (κ3) is 5.66. The lowest BCUT2D eigenvalue weighted by atomic mass is 10.2. The number of carbonyl (C=O) groups is 1. The molecule has 0 bridgehead atoms. The summed E-state index contributed by atoms with van der Waals surface area (Å²) in [5, 5.41) is 3.53. The number of halogens is 1. The van der Waals surface area contributed by atoms with Gasteiger partial charge in [0.25, 0.3) is 5.56 Å². The van der Waals surface area contributed by atoms with Gasteiger partial charge < -0.3 is 15.2 Å². The molecule has 2 heterocycles. The minimum atomic E-state index is -0.190. The highest BCUT2D eigenvalue weighted by molar-refractivity contribution is 7.98. The van der Waals surface area contributed by atoms with Crippen LogP contribution in [0, 0.1) is 5.82 Å². The second-order valence-corrected chi connectivity index (χ2v) is 8.77. The van der Waals surface area contributed by atoms with E-state index in [1.54, 1.807) is 34.9 Å². The number of hydrogen-bond donors (Lipinski definition) is 2. The van der Waals surface area contributed by atoms with Gasteiger partial charge in [0, 0.05) is 44.2 Å². The standard InChI is InChI=1S/C23H26FN5O2S/c24-19-7-3-1-5-17(19)16-32-14-9-25-23(31)29-12-10-28(11-13-29)15-21-26-20-8-4-2-6-18(20)22(30)27-21/h1-8H,9-16H2,(H,25,31)(H,26,27,30). The molecule has 0 radical (unpaired) electrons. The van der Waals surface area contributed by atoms with Crippen molar-refractivity contribution in [2.75, 3.05) is 38.5 Å². The molecule has 32 heavy (non-hydrogen) atoms. The maximum atomic E-state index is 13.6. The minimum Gasteiger partial charge on any atom is -0.337 e. The van der Waals surface area contributed by atoms with Gasteiger partial charge >= 0.3 is 6.03 Å². The minimum absolute atomic E-state index is 0.0756. The first-order valence-electron chi connectivity index (χ1n) is 10.6. The van der Waals surface area contributed by atoms with Gasteiger partial charge in [0.15, 0.2) is 0 Å². The van der Waals surface area contributed by atoms with Crippen LogP contribution in [0.4, 0.5) is 9.18 Å². The van der Waals surface area contributed by atoms with E-state index in [9.17, 15) is 14.0 Å². The van der Waals surface area contributed by atoms with Gasteiger partial charge in [-0.05, 0) is 23.8 Å². The Morgan fingerprint density at radius 2 is 1.84 bits per heavy atom. The fraction of sp³-hybridized carbons (Fsp3) is 0.348. The van der Waals surface area contributed by atoms with E-state index in [-0.39, 0.29) is 17.4 Å². The van der Waals surface area contributed by atoms with Crippen molar-refractivity contribution in [3.63, 3.8) is 0 Å². The van der Waals surface area contributed by atoms with Gasteiger partial charge in [-0.3, -0.25) is 9.69 Å². The van der Waals surface area contributed by atoms with Gasteiger partial charge in [-0.15, -0.1) is 0 Å². The zero-order valence-corrected chi connectivity index (χ0v) is 18.5. The van der Waals surface area contributed by atoms with Crippen molar-refractivity contribution in [3.05, 3.63) is 76.1 Å².